The van der Waals surface area contributed by atoms with Gasteiger partial charge in [-0.15, -0.1) is 11.3 Å². The van der Waals surface area contributed by atoms with Crippen molar-refractivity contribution in [3.05, 3.63) is 35.2 Å². The van der Waals surface area contributed by atoms with Gasteiger partial charge in [0.05, 0.1) is 16.8 Å². The van der Waals surface area contributed by atoms with Gasteiger partial charge in [-0.25, -0.2) is 8.42 Å². The molecule has 0 spiro atoms. The Labute approximate surface area is 170 Å². The summed E-state index contributed by atoms with van der Waals surface area (Å²) in [4.78, 5) is 15.7. The molecule has 1 aromatic carbocycles. The topological polar surface area (TPSA) is 75.7 Å². The molecule has 1 amide bonds. The number of nitrogens with one attached hydrogen (secondary N) is 1. The number of sulfonamides is 1. The zero-order chi connectivity index (χ0) is 20.5. The summed E-state index contributed by atoms with van der Waals surface area (Å²) in [6.07, 6.45) is 1.58. The second-order valence-electron chi connectivity index (χ2n) is 7.49. The van der Waals surface area contributed by atoms with E-state index in [1.807, 2.05) is 33.8 Å². The van der Waals surface area contributed by atoms with E-state index in [-0.39, 0.29) is 16.7 Å². The summed E-state index contributed by atoms with van der Waals surface area (Å²) in [5.74, 6) is 0.554. The predicted octanol–water partition coefficient (Wildman–Crippen LogP) is 4.27. The highest BCUT2D eigenvalue weighted by Gasteiger charge is 2.37. The molecule has 0 aliphatic carbocycles. The minimum Gasteiger partial charge on any atom is -0.490 e. The van der Waals surface area contributed by atoms with E-state index in [9.17, 15) is 13.2 Å². The molecule has 0 radical (unpaired) electrons. The van der Waals surface area contributed by atoms with Crippen molar-refractivity contribution in [2.24, 2.45) is 5.41 Å². The molecule has 6 nitrogen and oxygen atoms in total. The molecule has 0 fully saturated rings. The summed E-state index contributed by atoms with van der Waals surface area (Å²) in [5.41, 5.74) is 0.349. The summed E-state index contributed by atoms with van der Waals surface area (Å²) in [6, 6.07) is 8.51. The third-order valence-electron chi connectivity index (χ3n) is 4.61. The van der Waals surface area contributed by atoms with Gasteiger partial charge in [0.2, 0.25) is 5.91 Å². The van der Waals surface area contributed by atoms with Gasteiger partial charge in [-0.1, -0.05) is 13.8 Å². The highest BCUT2D eigenvalue weighted by atomic mass is 32.2. The zero-order valence-corrected chi connectivity index (χ0v) is 18.2. The van der Waals surface area contributed by atoms with Gasteiger partial charge in [0.25, 0.3) is 10.0 Å². The van der Waals surface area contributed by atoms with Crippen molar-refractivity contribution in [3.8, 4) is 5.75 Å². The third-order valence-corrected chi connectivity index (χ3v) is 7.71. The Hall–Kier alpha value is -2.06. The molecule has 0 saturated carbocycles. The molecule has 152 valence electrons. The van der Waals surface area contributed by atoms with Gasteiger partial charge in [0.15, 0.2) is 0 Å². The number of fused-ring (bicyclic) bond motifs is 1. The van der Waals surface area contributed by atoms with Crippen LogP contribution in [0, 0.1) is 5.41 Å². The van der Waals surface area contributed by atoms with E-state index in [2.05, 4.69) is 4.72 Å². The molecule has 0 saturated heterocycles. The Morgan fingerprint density at radius 2 is 1.96 bits per heavy atom. The third kappa shape index (κ3) is 4.03. The lowest BCUT2D eigenvalue weighted by Crippen LogP contribution is -2.42. The van der Waals surface area contributed by atoms with Crippen LogP contribution < -0.4 is 14.4 Å². The minimum absolute atomic E-state index is 0.0287. The van der Waals surface area contributed by atoms with Crippen molar-refractivity contribution >= 4 is 38.6 Å². The maximum absolute atomic E-state index is 13.0. The number of anilines is 2. The molecule has 2 aromatic rings. The number of hydrogen-bond acceptors (Lipinski definition) is 5. The van der Waals surface area contributed by atoms with E-state index in [4.69, 9.17) is 4.74 Å². The number of ether oxygens (including phenoxy) is 1. The average Bonchev–Trinajstić information content (AvgIpc) is 3.11. The standard InChI is InChI=1S/C20H26N2O4S2/c1-5-11-22-16-12-14(7-9-17(16)26-13-20(3,4)19(22)23)21-28(24,25)18-10-8-15(6-2)27-18/h7-10,12,21H,5-6,11,13H2,1-4H3. The number of carbonyl (C=O) groups is 1. The highest BCUT2D eigenvalue weighted by Crippen LogP contribution is 2.39. The Bertz CT molecular complexity index is 980. The first kappa shape index (κ1) is 20.7. The van der Waals surface area contributed by atoms with E-state index in [1.165, 1.54) is 11.3 Å². The number of carbonyl (C=O) groups excluding carboxylic acids is 1. The van der Waals surface area contributed by atoms with E-state index in [0.29, 0.717) is 23.7 Å². The highest BCUT2D eigenvalue weighted by molar-refractivity contribution is 7.94. The fourth-order valence-electron chi connectivity index (χ4n) is 3.05. The van der Waals surface area contributed by atoms with Crippen molar-refractivity contribution in [2.75, 3.05) is 22.8 Å². The van der Waals surface area contributed by atoms with Crippen LogP contribution in [0.5, 0.6) is 5.75 Å². The first-order chi connectivity index (χ1) is 13.2. The predicted molar refractivity (Wildman–Crippen MR) is 113 cm³/mol. The van der Waals surface area contributed by atoms with Crippen LogP contribution in [0.4, 0.5) is 11.4 Å². The quantitative estimate of drug-likeness (QED) is 0.754. The SMILES string of the molecule is CCCN1C(=O)C(C)(C)COc2ccc(NS(=O)(=O)c3ccc(CC)s3)cc21. The lowest BCUT2D eigenvalue weighted by Gasteiger charge is -2.27. The first-order valence-corrected chi connectivity index (χ1v) is 11.7. The maximum atomic E-state index is 13.0. The Morgan fingerprint density at radius 1 is 1.21 bits per heavy atom. The molecular formula is C20H26N2O4S2. The Kier molecular flexibility index (Phi) is 5.72. The van der Waals surface area contributed by atoms with Crippen molar-refractivity contribution in [1.29, 1.82) is 0 Å². The molecule has 8 heteroatoms. The van der Waals surface area contributed by atoms with Gasteiger partial charge in [0.1, 0.15) is 16.6 Å². The van der Waals surface area contributed by atoms with Gasteiger partial charge in [-0.05, 0) is 57.0 Å². The van der Waals surface area contributed by atoms with Crippen LogP contribution in [0.15, 0.2) is 34.5 Å². The molecular weight excluding hydrogens is 396 g/mol. The number of aryl methyl sites for hydroxylation is 1. The number of nitrogens with zero attached hydrogens (tertiary/aromatic N) is 1. The lowest BCUT2D eigenvalue weighted by molar-refractivity contribution is -0.127. The molecule has 1 aliphatic heterocycles. The van der Waals surface area contributed by atoms with Crippen molar-refractivity contribution in [2.45, 2.75) is 44.7 Å². The van der Waals surface area contributed by atoms with Crippen LogP contribution in [0.3, 0.4) is 0 Å². The smallest absolute Gasteiger partial charge is 0.271 e. The number of benzene rings is 1. The van der Waals surface area contributed by atoms with E-state index >= 15 is 0 Å². The summed E-state index contributed by atoms with van der Waals surface area (Å²) >= 11 is 1.26. The summed E-state index contributed by atoms with van der Waals surface area (Å²) in [5, 5.41) is 0. The molecule has 28 heavy (non-hydrogen) atoms. The average molecular weight is 423 g/mol. The maximum Gasteiger partial charge on any atom is 0.271 e. The number of thiophene rings is 1. The second kappa shape index (κ2) is 7.75. The van der Waals surface area contributed by atoms with Crippen LogP contribution in [0.2, 0.25) is 0 Å². The summed E-state index contributed by atoms with van der Waals surface area (Å²) in [6.45, 7) is 8.52. The van der Waals surface area contributed by atoms with E-state index in [1.54, 1.807) is 29.2 Å². The molecule has 1 N–H and O–H groups in total. The minimum atomic E-state index is -3.68. The molecule has 0 atom stereocenters. The van der Waals surface area contributed by atoms with Crippen molar-refractivity contribution in [3.63, 3.8) is 0 Å². The van der Waals surface area contributed by atoms with Gasteiger partial charge in [0, 0.05) is 11.4 Å². The molecule has 1 aliphatic rings. The van der Waals surface area contributed by atoms with Gasteiger partial charge < -0.3 is 9.64 Å². The molecule has 3 rings (SSSR count). The fourth-order valence-corrected chi connectivity index (χ4v) is 5.40. The monoisotopic (exact) mass is 422 g/mol. The summed E-state index contributed by atoms with van der Waals surface area (Å²) in [7, 11) is -3.68. The zero-order valence-electron chi connectivity index (χ0n) is 16.6. The van der Waals surface area contributed by atoms with Crippen LogP contribution in [0.1, 0.15) is 39.0 Å². The normalized spacial score (nSPS) is 16.3. The molecule has 0 unspecified atom stereocenters. The van der Waals surface area contributed by atoms with Gasteiger partial charge in [-0.2, -0.15) is 0 Å². The van der Waals surface area contributed by atoms with Crippen molar-refractivity contribution in [1.82, 2.24) is 0 Å². The van der Waals surface area contributed by atoms with Crippen molar-refractivity contribution < 1.29 is 17.9 Å². The van der Waals surface area contributed by atoms with Gasteiger partial charge in [-0.3, -0.25) is 9.52 Å². The van der Waals surface area contributed by atoms with E-state index in [0.717, 1.165) is 17.7 Å². The van der Waals surface area contributed by atoms with Crippen LogP contribution in [0.25, 0.3) is 0 Å². The first-order valence-electron chi connectivity index (χ1n) is 9.38. The second-order valence-corrected chi connectivity index (χ2v) is 10.6. The summed E-state index contributed by atoms with van der Waals surface area (Å²) < 4.78 is 34.2. The van der Waals surface area contributed by atoms with E-state index < -0.39 is 15.4 Å². The number of hydrogen-bond donors (Lipinski definition) is 1. The number of amides is 1. The van der Waals surface area contributed by atoms with Crippen LogP contribution in [-0.4, -0.2) is 27.5 Å². The fraction of sp³-hybridized carbons (Fsp3) is 0.450. The van der Waals surface area contributed by atoms with Crippen LogP contribution in [-0.2, 0) is 21.2 Å². The van der Waals surface area contributed by atoms with Crippen LogP contribution >= 0.6 is 11.3 Å². The number of rotatable bonds is 6. The molecule has 1 aromatic heterocycles. The van der Waals surface area contributed by atoms with Gasteiger partial charge >= 0.3 is 0 Å². The lowest BCUT2D eigenvalue weighted by atomic mass is 9.93. The largest absolute Gasteiger partial charge is 0.490 e. The Morgan fingerprint density at radius 3 is 2.61 bits per heavy atom. The Balaban J connectivity index is 1.96. The molecule has 2 heterocycles. The molecule has 0 bridgehead atoms.